The van der Waals surface area contributed by atoms with Crippen molar-refractivity contribution in [2.24, 2.45) is 0 Å². The average Bonchev–Trinajstić information content (AvgIpc) is 2.99. The van der Waals surface area contributed by atoms with Crippen molar-refractivity contribution in [2.45, 2.75) is 38.2 Å². The van der Waals surface area contributed by atoms with Crippen LogP contribution in [-0.4, -0.2) is 31.1 Å². The summed E-state index contributed by atoms with van der Waals surface area (Å²) in [7, 11) is 1.29. The maximum atomic E-state index is 13.2. The largest absolute Gasteiger partial charge is 0.466 e. The first-order valence-corrected chi connectivity index (χ1v) is 13.1. The highest BCUT2D eigenvalue weighted by atomic mass is 16.5. The normalized spacial score (nSPS) is 13.6. The minimum absolute atomic E-state index is 0.0557. The number of nitrogens with zero attached hydrogens (tertiary/aromatic N) is 1. The van der Waals surface area contributed by atoms with E-state index in [0.29, 0.717) is 22.3 Å². The second-order valence-corrected chi connectivity index (χ2v) is 9.32. The molecule has 1 saturated carbocycles. The van der Waals surface area contributed by atoms with Crippen molar-refractivity contribution in [3.8, 4) is 22.9 Å². The molecule has 7 nitrogen and oxygen atoms in total. The first kappa shape index (κ1) is 28.1. The molecule has 202 valence electrons. The zero-order valence-electron chi connectivity index (χ0n) is 22.2. The highest BCUT2D eigenvalue weighted by Gasteiger charge is 2.18. The molecule has 40 heavy (non-hydrogen) atoms. The molecule has 0 amide bonds. The molecule has 3 aromatic carbocycles. The van der Waals surface area contributed by atoms with Crippen molar-refractivity contribution in [1.29, 1.82) is 5.26 Å². The third-order valence-electron chi connectivity index (χ3n) is 6.51. The van der Waals surface area contributed by atoms with Gasteiger partial charge in [-0.15, -0.1) is 0 Å². The Bertz CT molecular complexity index is 1490. The Morgan fingerprint density at radius 3 is 2.20 bits per heavy atom. The fourth-order valence-electron chi connectivity index (χ4n) is 4.52. The highest BCUT2D eigenvalue weighted by Crippen LogP contribution is 2.29. The molecule has 0 aromatic heterocycles. The average molecular weight is 536 g/mol. The molecule has 1 fully saturated rings. The van der Waals surface area contributed by atoms with Gasteiger partial charge in [-0.25, -0.2) is 14.4 Å². The lowest BCUT2D eigenvalue weighted by Gasteiger charge is -2.20. The van der Waals surface area contributed by atoms with Crippen LogP contribution in [0.1, 0.15) is 59.2 Å². The maximum Gasteiger partial charge on any atom is 0.344 e. The molecular weight excluding hydrogens is 506 g/mol. The number of ether oxygens (including phenoxy) is 3. The lowest BCUT2D eigenvalue weighted by Crippen LogP contribution is -2.19. The van der Waals surface area contributed by atoms with Crippen molar-refractivity contribution in [2.75, 3.05) is 7.11 Å². The molecule has 0 spiro atoms. The summed E-state index contributed by atoms with van der Waals surface area (Å²) in [4.78, 5) is 37.4. The minimum atomic E-state index is -0.623. The monoisotopic (exact) mass is 535 g/mol. The number of hydrogen-bond donors (Lipinski definition) is 0. The van der Waals surface area contributed by atoms with Gasteiger partial charge in [-0.3, -0.25) is 0 Å². The van der Waals surface area contributed by atoms with E-state index in [1.165, 1.54) is 25.7 Å². The first-order chi connectivity index (χ1) is 19.5. The van der Waals surface area contributed by atoms with Crippen LogP contribution in [0.2, 0.25) is 0 Å². The molecule has 3 aromatic rings. The smallest absolute Gasteiger partial charge is 0.344 e. The van der Waals surface area contributed by atoms with Crippen LogP contribution in [0.4, 0.5) is 0 Å². The zero-order chi connectivity index (χ0) is 28.3. The number of esters is 3. The minimum Gasteiger partial charge on any atom is -0.466 e. The SMILES string of the molecule is COC(=O)/C=C/c1cc(/C=C/C(=O)OC2CCCCC2)cc(-c2ccccc2C(=O)Oc2ccccc2C#N)c1. The van der Waals surface area contributed by atoms with E-state index in [4.69, 9.17) is 14.2 Å². The summed E-state index contributed by atoms with van der Waals surface area (Å²) in [6.45, 7) is 0. The summed E-state index contributed by atoms with van der Waals surface area (Å²) in [6.07, 6.45) is 10.9. The summed E-state index contributed by atoms with van der Waals surface area (Å²) in [5, 5.41) is 9.36. The Morgan fingerprint density at radius 2 is 1.50 bits per heavy atom. The third-order valence-corrected chi connectivity index (χ3v) is 6.51. The second-order valence-electron chi connectivity index (χ2n) is 9.32. The van der Waals surface area contributed by atoms with Crippen LogP contribution in [0.3, 0.4) is 0 Å². The van der Waals surface area contributed by atoms with Gasteiger partial charge in [0, 0.05) is 12.2 Å². The molecular formula is C33H29NO6. The standard InChI is InChI=1S/C33H29NO6/c1-38-31(35)17-15-23-19-24(16-18-32(36)39-27-10-3-2-4-11-27)21-26(20-23)28-12-6-7-13-29(28)33(37)40-30-14-8-5-9-25(30)22-34/h5-9,12-21,27H,2-4,10-11H2,1H3/b17-15+,18-16+. The third kappa shape index (κ3) is 7.55. The molecule has 4 rings (SSSR count). The summed E-state index contributed by atoms with van der Waals surface area (Å²) >= 11 is 0. The van der Waals surface area contributed by atoms with Crippen molar-refractivity contribution >= 4 is 30.1 Å². The molecule has 1 aliphatic rings. The number of rotatable bonds is 8. The Labute approximate surface area is 233 Å². The molecule has 0 heterocycles. The quantitative estimate of drug-likeness (QED) is 0.184. The highest BCUT2D eigenvalue weighted by molar-refractivity contribution is 5.99. The molecule has 0 radical (unpaired) electrons. The molecule has 0 saturated heterocycles. The second kappa shape index (κ2) is 13.7. The van der Waals surface area contributed by atoms with Gasteiger partial charge in [-0.05, 0) is 96.5 Å². The number of benzene rings is 3. The van der Waals surface area contributed by atoms with Crippen LogP contribution < -0.4 is 4.74 Å². The summed E-state index contributed by atoms with van der Waals surface area (Å²) in [6, 6.07) is 20.9. The van der Waals surface area contributed by atoms with Crippen molar-refractivity contribution in [3.63, 3.8) is 0 Å². The van der Waals surface area contributed by atoms with Crippen molar-refractivity contribution in [1.82, 2.24) is 0 Å². The van der Waals surface area contributed by atoms with E-state index in [9.17, 15) is 19.6 Å². The maximum absolute atomic E-state index is 13.2. The predicted molar refractivity (Wildman–Crippen MR) is 151 cm³/mol. The number of carbonyl (C=O) groups is 3. The van der Waals surface area contributed by atoms with Crippen LogP contribution in [-0.2, 0) is 19.1 Å². The molecule has 0 atom stereocenters. The molecule has 7 heteroatoms. The predicted octanol–water partition coefficient (Wildman–Crippen LogP) is 6.52. The number of carbonyl (C=O) groups excluding carboxylic acids is 3. The fourth-order valence-corrected chi connectivity index (χ4v) is 4.52. The Hall–Kier alpha value is -4.96. The van der Waals surface area contributed by atoms with Crippen LogP contribution >= 0.6 is 0 Å². The Balaban J connectivity index is 1.66. The van der Waals surface area contributed by atoms with Gasteiger partial charge < -0.3 is 14.2 Å². The van der Waals surface area contributed by atoms with E-state index >= 15 is 0 Å². The van der Waals surface area contributed by atoms with Gasteiger partial charge in [0.15, 0.2) is 0 Å². The topological polar surface area (TPSA) is 103 Å². The Morgan fingerprint density at radius 1 is 0.850 bits per heavy atom. The lowest BCUT2D eigenvalue weighted by atomic mass is 9.95. The van der Waals surface area contributed by atoms with Crippen LogP contribution in [0.5, 0.6) is 5.75 Å². The molecule has 0 aliphatic heterocycles. The van der Waals surface area contributed by atoms with Crippen LogP contribution in [0, 0.1) is 11.3 Å². The van der Waals surface area contributed by atoms with Crippen LogP contribution in [0.15, 0.2) is 78.9 Å². The van der Waals surface area contributed by atoms with E-state index < -0.39 is 17.9 Å². The summed E-state index contributed by atoms with van der Waals surface area (Å²) in [5.41, 5.74) is 3.09. The van der Waals surface area contributed by atoms with E-state index in [1.807, 2.05) is 18.2 Å². The number of para-hydroxylation sites is 1. The van der Waals surface area contributed by atoms with Gasteiger partial charge in [0.05, 0.1) is 18.2 Å². The molecule has 0 N–H and O–H groups in total. The van der Waals surface area contributed by atoms with E-state index in [0.717, 1.165) is 25.7 Å². The van der Waals surface area contributed by atoms with Gasteiger partial charge in [-0.2, -0.15) is 5.26 Å². The van der Waals surface area contributed by atoms with Gasteiger partial charge in [0.25, 0.3) is 0 Å². The fraction of sp³-hybridized carbons (Fsp3) is 0.212. The summed E-state index contributed by atoms with van der Waals surface area (Å²) < 4.78 is 15.9. The van der Waals surface area contributed by atoms with E-state index in [2.05, 4.69) is 0 Å². The number of hydrogen-bond acceptors (Lipinski definition) is 7. The summed E-state index contributed by atoms with van der Waals surface area (Å²) in [5.74, 6) is -1.38. The van der Waals surface area contributed by atoms with Gasteiger partial charge >= 0.3 is 17.9 Å². The Kier molecular flexibility index (Phi) is 9.62. The number of nitriles is 1. The van der Waals surface area contributed by atoms with Crippen molar-refractivity contribution in [3.05, 3.63) is 101 Å². The van der Waals surface area contributed by atoms with Gasteiger partial charge in [0.2, 0.25) is 0 Å². The molecule has 0 unspecified atom stereocenters. The molecule has 0 bridgehead atoms. The van der Waals surface area contributed by atoms with E-state index in [-0.39, 0.29) is 23.0 Å². The van der Waals surface area contributed by atoms with Gasteiger partial charge in [0.1, 0.15) is 17.9 Å². The van der Waals surface area contributed by atoms with Crippen molar-refractivity contribution < 1.29 is 28.6 Å². The number of methoxy groups -OCH3 is 1. The van der Waals surface area contributed by atoms with Gasteiger partial charge in [-0.1, -0.05) is 36.8 Å². The zero-order valence-corrected chi connectivity index (χ0v) is 22.2. The lowest BCUT2D eigenvalue weighted by molar-refractivity contribution is -0.144. The first-order valence-electron chi connectivity index (χ1n) is 13.1. The molecule has 1 aliphatic carbocycles. The van der Waals surface area contributed by atoms with E-state index in [1.54, 1.807) is 66.7 Å². The van der Waals surface area contributed by atoms with Crippen LogP contribution in [0.25, 0.3) is 23.3 Å².